The predicted octanol–water partition coefficient (Wildman–Crippen LogP) is 1.42. The van der Waals surface area contributed by atoms with Crippen molar-refractivity contribution in [3.63, 3.8) is 0 Å². The van der Waals surface area contributed by atoms with E-state index < -0.39 is 24.6 Å². The van der Waals surface area contributed by atoms with Gasteiger partial charge in [0, 0.05) is 0 Å². The maximum Gasteiger partial charge on any atom is 0.408 e. The van der Waals surface area contributed by atoms with Crippen molar-refractivity contribution in [2.45, 2.75) is 12.6 Å². The van der Waals surface area contributed by atoms with E-state index in [1.807, 2.05) is 60.7 Å². The zero-order chi connectivity index (χ0) is 17.9. The summed E-state index contributed by atoms with van der Waals surface area (Å²) in [6.45, 7) is -0.508. The van der Waals surface area contributed by atoms with Crippen LogP contribution in [-0.2, 0) is 16.1 Å². The highest BCUT2D eigenvalue weighted by Gasteiger charge is 2.20. The van der Waals surface area contributed by atoms with Gasteiger partial charge in [-0.15, -0.1) is 0 Å². The molecule has 130 valence electrons. The van der Waals surface area contributed by atoms with Crippen molar-refractivity contribution in [3.8, 4) is 0 Å². The molecule has 2 amide bonds. The molecule has 0 aliphatic rings. The molecular formula is C18H19N3O4. The summed E-state index contributed by atoms with van der Waals surface area (Å²) in [7, 11) is 0. The van der Waals surface area contributed by atoms with Gasteiger partial charge in [-0.25, -0.2) is 10.2 Å². The first-order valence-electron chi connectivity index (χ1n) is 7.65. The molecule has 1 atom stereocenters. The van der Waals surface area contributed by atoms with Gasteiger partial charge >= 0.3 is 6.09 Å². The van der Waals surface area contributed by atoms with Crippen LogP contribution in [-0.4, -0.2) is 36.0 Å². The molecular weight excluding hydrogens is 322 g/mol. The molecule has 0 fully saturated rings. The fourth-order valence-corrected chi connectivity index (χ4v) is 1.89. The quantitative estimate of drug-likeness (QED) is 0.524. The SMILES string of the molecule is O=C(N[C@@H](CO)C(=O)N/N=C\c1ccccc1)OCc1ccccc1. The molecule has 7 nitrogen and oxygen atoms in total. The highest BCUT2D eigenvalue weighted by atomic mass is 16.5. The van der Waals surface area contributed by atoms with Gasteiger partial charge in [-0.2, -0.15) is 5.10 Å². The van der Waals surface area contributed by atoms with Crippen LogP contribution in [0.4, 0.5) is 4.79 Å². The van der Waals surface area contributed by atoms with E-state index in [2.05, 4.69) is 15.8 Å². The second-order valence-electron chi connectivity index (χ2n) is 5.09. The molecule has 0 aliphatic carbocycles. The summed E-state index contributed by atoms with van der Waals surface area (Å²) in [6.07, 6.45) is 0.658. The van der Waals surface area contributed by atoms with E-state index in [9.17, 15) is 14.7 Å². The van der Waals surface area contributed by atoms with E-state index in [0.717, 1.165) is 11.1 Å². The van der Waals surface area contributed by atoms with Crippen LogP contribution in [0.15, 0.2) is 65.8 Å². The number of aliphatic hydroxyl groups is 1. The number of nitrogens with one attached hydrogen (secondary N) is 2. The van der Waals surface area contributed by atoms with Crippen LogP contribution in [0.1, 0.15) is 11.1 Å². The number of hydrogen-bond acceptors (Lipinski definition) is 5. The van der Waals surface area contributed by atoms with E-state index in [-0.39, 0.29) is 6.61 Å². The van der Waals surface area contributed by atoms with Crippen molar-refractivity contribution in [2.24, 2.45) is 5.10 Å². The first-order chi connectivity index (χ1) is 12.2. The molecule has 25 heavy (non-hydrogen) atoms. The van der Waals surface area contributed by atoms with E-state index in [4.69, 9.17) is 4.74 Å². The summed E-state index contributed by atoms with van der Waals surface area (Å²) in [5.74, 6) is -0.647. The standard InChI is InChI=1S/C18H19N3O4/c22-12-16(17(23)21-19-11-14-7-3-1-4-8-14)20-18(24)25-13-15-9-5-2-6-10-15/h1-11,16,22H,12-13H2,(H,20,24)(H,21,23)/b19-11-/t16-/m0/s1. The van der Waals surface area contributed by atoms with Gasteiger partial charge < -0.3 is 15.2 Å². The molecule has 0 saturated carbocycles. The van der Waals surface area contributed by atoms with Gasteiger partial charge in [0.1, 0.15) is 12.6 Å². The number of rotatable bonds is 7. The van der Waals surface area contributed by atoms with Crippen LogP contribution < -0.4 is 10.7 Å². The lowest BCUT2D eigenvalue weighted by Gasteiger charge is -2.14. The van der Waals surface area contributed by atoms with Gasteiger partial charge in [-0.1, -0.05) is 60.7 Å². The van der Waals surface area contributed by atoms with Crippen molar-refractivity contribution in [1.29, 1.82) is 0 Å². The van der Waals surface area contributed by atoms with Crippen molar-refractivity contribution in [3.05, 3.63) is 71.8 Å². The van der Waals surface area contributed by atoms with Crippen LogP contribution in [0, 0.1) is 0 Å². The first kappa shape index (κ1) is 18.2. The Morgan fingerprint density at radius 2 is 1.72 bits per heavy atom. The molecule has 2 rings (SSSR count). The van der Waals surface area contributed by atoms with Crippen LogP contribution in [0.2, 0.25) is 0 Å². The molecule has 2 aromatic rings. The Kier molecular flexibility index (Phi) is 7.14. The average Bonchev–Trinajstić information content (AvgIpc) is 2.66. The maximum atomic E-state index is 11.9. The number of alkyl carbamates (subject to hydrolysis) is 1. The lowest BCUT2D eigenvalue weighted by molar-refractivity contribution is -0.123. The van der Waals surface area contributed by atoms with E-state index in [1.54, 1.807) is 0 Å². The molecule has 0 spiro atoms. The number of benzene rings is 2. The van der Waals surface area contributed by atoms with E-state index >= 15 is 0 Å². The first-order valence-corrected chi connectivity index (χ1v) is 7.65. The normalized spacial score (nSPS) is 11.7. The topological polar surface area (TPSA) is 100 Å². The second-order valence-corrected chi connectivity index (χ2v) is 5.09. The van der Waals surface area contributed by atoms with Gasteiger partial charge in [0.2, 0.25) is 0 Å². The number of carbonyl (C=O) groups is 2. The minimum atomic E-state index is -1.16. The smallest absolute Gasteiger partial charge is 0.408 e. The molecule has 2 aromatic carbocycles. The Hall–Kier alpha value is -3.19. The number of amides is 2. The lowest BCUT2D eigenvalue weighted by atomic mass is 10.2. The minimum Gasteiger partial charge on any atom is -0.445 e. The molecule has 7 heteroatoms. The third-order valence-corrected chi connectivity index (χ3v) is 3.19. The highest BCUT2D eigenvalue weighted by molar-refractivity contribution is 5.87. The van der Waals surface area contributed by atoms with Crippen LogP contribution >= 0.6 is 0 Å². The number of hydrazone groups is 1. The highest BCUT2D eigenvalue weighted by Crippen LogP contribution is 2.00. The summed E-state index contributed by atoms with van der Waals surface area (Å²) in [5, 5.41) is 15.3. The van der Waals surface area contributed by atoms with Crippen LogP contribution in [0.5, 0.6) is 0 Å². The molecule has 0 heterocycles. The van der Waals surface area contributed by atoms with Gasteiger partial charge in [0.15, 0.2) is 0 Å². The van der Waals surface area contributed by atoms with Crippen molar-refractivity contribution in [2.75, 3.05) is 6.61 Å². The van der Waals surface area contributed by atoms with Crippen molar-refractivity contribution >= 4 is 18.2 Å². The zero-order valence-electron chi connectivity index (χ0n) is 13.5. The summed E-state index contributed by atoms with van der Waals surface area (Å²) in [6, 6.07) is 17.1. The van der Waals surface area contributed by atoms with E-state index in [1.165, 1.54) is 6.21 Å². The molecule has 0 unspecified atom stereocenters. The minimum absolute atomic E-state index is 0.0681. The van der Waals surface area contributed by atoms with E-state index in [0.29, 0.717) is 0 Å². The molecule has 0 radical (unpaired) electrons. The maximum absolute atomic E-state index is 11.9. The monoisotopic (exact) mass is 341 g/mol. The third-order valence-electron chi connectivity index (χ3n) is 3.19. The summed E-state index contributed by atoms with van der Waals surface area (Å²) in [4.78, 5) is 23.6. The second kappa shape index (κ2) is 9.84. The average molecular weight is 341 g/mol. The Bertz CT molecular complexity index is 705. The molecule has 0 bridgehead atoms. The third kappa shape index (κ3) is 6.44. The van der Waals surface area contributed by atoms with Gasteiger partial charge in [0.25, 0.3) is 5.91 Å². The summed E-state index contributed by atoms with van der Waals surface area (Å²) in [5.41, 5.74) is 3.88. The fraction of sp³-hybridized carbons (Fsp3) is 0.167. The Labute approximate surface area is 145 Å². The molecule has 3 N–H and O–H groups in total. The lowest BCUT2D eigenvalue weighted by Crippen LogP contribution is -2.47. The number of carbonyl (C=O) groups excluding carboxylic acids is 2. The Morgan fingerprint density at radius 1 is 1.08 bits per heavy atom. The Morgan fingerprint density at radius 3 is 2.36 bits per heavy atom. The number of nitrogens with zero attached hydrogens (tertiary/aromatic N) is 1. The van der Waals surface area contributed by atoms with Crippen molar-refractivity contribution < 1.29 is 19.4 Å². The molecule has 0 aliphatic heterocycles. The predicted molar refractivity (Wildman–Crippen MR) is 92.8 cm³/mol. The van der Waals surface area contributed by atoms with Crippen molar-refractivity contribution in [1.82, 2.24) is 10.7 Å². The Balaban J connectivity index is 1.78. The fourth-order valence-electron chi connectivity index (χ4n) is 1.89. The largest absolute Gasteiger partial charge is 0.445 e. The summed E-state index contributed by atoms with van der Waals surface area (Å²) >= 11 is 0. The zero-order valence-corrected chi connectivity index (χ0v) is 13.5. The molecule has 0 aromatic heterocycles. The van der Waals surface area contributed by atoms with Crippen LogP contribution in [0.25, 0.3) is 0 Å². The number of hydrogen-bond donors (Lipinski definition) is 3. The molecule has 0 saturated heterocycles. The van der Waals surface area contributed by atoms with Gasteiger partial charge in [-0.3, -0.25) is 4.79 Å². The number of ether oxygens (including phenoxy) is 1. The van der Waals surface area contributed by atoms with Crippen LogP contribution in [0.3, 0.4) is 0 Å². The van der Waals surface area contributed by atoms with Gasteiger partial charge in [-0.05, 0) is 11.1 Å². The number of aliphatic hydroxyl groups excluding tert-OH is 1. The summed E-state index contributed by atoms with van der Waals surface area (Å²) < 4.78 is 5.00. The van der Waals surface area contributed by atoms with Gasteiger partial charge in [0.05, 0.1) is 12.8 Å².